The Morgan fingerprint density at radius 3 is 2.68 bits per heavy atom. The van der Waals surface area contributed by atoms with Gasteiger partial charge in [-0.1, -0.05) is 34.1 Å². The number of aromatic nitrogens is 3. The Kier molecular flexibility index (Phi) is 5.73. The van der Waals surface area contributed by atoms with Crippen LogP contribution >= 0.6 is 15.9 Å². The number of carbonyl (C=O) groups excluding carboxylic acids is 1. The summed E-state index contributed by atoms with van der Waals surface area (Å²) < 4.78 is 3.12. The van der Waals surface area contributed by atoms with Crippen molar-refractivity contribution in [3.05, 3.63) is 64.5 Å². The molecule has 4 rings (SSSR count). The van der Waals surface area contributed by atoms with E-state index in [4.69, 9.17) is 0 Å². The van der Waals surface area contributed by atoms with Crippen molar-refractivity contribution in [1.82, 2.24) is 24.8 Å². The highest BCUT2D eigenvalue weighted by molar-refractivity contribution is 9.10. The third-order valence-electron chi connectivity index (χ3n) is 5.41. The molecule has 1 aliphatic rings. The summed E-state index contributed by atoms with van der Waals surface area (Å²) in [4.78, 5) is 14.7. The van der Waals surface area contributed by atoms with E-state index < -0.39 is 0 Å². The van der Waals surface area contributed by atoms with Gasteiger partial charge in [0.05, 0.1) is 12.6 Å². The van der Waals surface area contributed by atoms with Crippen molar-refractivity contribution in [2.45, 2.75) is 31.7 Å². The molecule has 7 heteroatoms. The molecule has 1 amide bonds. The van der Waals surface area contributed by atoms with Gasteiger partial charge in [-0.05, 0) is 62.7 Å². The van der Waals surface area contributed by atoms with Gasteiger partial charge in [0.2, 0.25) is 5.91 Å². The van der Waals surface area contributed by atoms with Gasteiger partial charge >= 0.3 is 0 Å². The molecule has 0 radical (unpaired) electrons. The van der Waals surface area contributed by atoms with E-state index in [-0.39, 0.29) is 11.9 Å². The van der Waals surface area contributed by atoms with Gasteiger partial charge in [0.15, 0.2) is 5.65 Å². The fourth-order valence-electron chi connectivity index (χ4n) is 3.81. The van der Waals surface area contributed by atoms with Crippen LogP contribution in [0.15, 0.2) is 53.1 Å². The van der Waals surface area contributed by atoms with E-state index in [1.807, 2.05) is 55.6 Å². The molecule has 1 fully saturated rings. The Morgan fingerprint density at radius 2 is 1.93 bits per heavy atom. The highest BCUT2D eigenvalue weighted by Crippen LogP contribution is 2.27. The molecule has 2 aromatic heterocycles. The van der Waals surface area contributed by atoms with Gasteiger partial charge in [-0.3, -0.25) is 14.1 Å². The van der Waals surface area contributed by atoms with Crippen LogP contribution in [0.2, 0.25) is 0 Å². The zero-order valence-electron chi connectivity index (χ0n) is 15.9. The standard InChI is InChI=1S/C21H24BrN5O/c1-15(16-5-7-18(22)8-6-16)23-20(28)14-26-12-9-17(10-13-26)21-25-24-19-4-2-3-11-27(19)21/h2-8,11,15,17H,9-10,12-14H2,1H3,(H,23,28). The number of hydrogen-bond donors (Lipinski definition) is 1. The molecule has 28 heavy (non-hydrogen) atoms. The van der Waals surface area contributed by atoms with Crippen LogP contribution in [-0.4, -0.2) is 45.0 Å². The molecule has 6 nitrogen and oxygen atoms in total. The number of nitrogens with zero attached hydrogens (tertiary/aromatic N) is 4. The van der Waals surface area contributed by atoms with Crippen LogP contribution in [-0.2, 0) is 4.79 Å². The summed E-state index contributed by atoms with van der Waals surface area (Å²) >= 11 is 3.44. The van der Waals surface area contributed by atoms with E-state index in [1.54, 1.807) is 0 Å². The van der Waals surface area contributed by atoms with E-state index in [0.717, 1.165) is 47.4 Å². The van der Waals surface area contributed by atoms with Crippen molar-refractivity contribution in [1.29, 1.82) is 0 Å². The molecule has 3 aromatic rings. The van der Waals surface area contributed by atoms with Gasteiger partial charge in [0.1, 0.15) is 5.82 Å². The van der Waals surface area contributed by atoms with Gasteiger partial charge < -0.3 is 5.32 Å². The Bertz CT molecular complexity index is 947. The summed E-state index contributed by atoms with van der Waals surface area (Å²) in [5.74, 6) is 1.49. The second kappa shape index (κ2) is 8.41. The van der Waals surface area contributed by atoms with Gasteiger partial charge in [-0.15, -0.1) is 10.2 Å². The van der Waals surface area contributed by atoms with Crippen LogP contribution < -0.4 is 5.32 Å². The van der Waals surface area contributed by atoms with Crippen molar-refractivity contribution in [3.8, 4) is 0 Å². The minimum absolute atomic E-state index is 0.000460. The summed E-state index contributed by atoms with van der Waals surface area (Å²) in [6.07, 6.45) is 4.00. The number of rotatable bonds is 5. The van der Waals surface area contributed by atoms with E-state index in [0.29, 0.717) is 12.5 Å². The summed E-state index contributed by atoms with van der Waals surface area (Å²) in [5, 5.41) is 11.8. The number of hydrogen-bond acceptors (Lipinski definition) is 4. The fraction of sp³-hybridized carbons (Fsp3) is 0.381. The lowest BCUT2D eigenvalue weighted by Gasteiger charge is -2.31. The monoisotopic (exact) mass is 441 g/mol. The second-order valence-electron chi connectivity index (χ2n) is 7.38. The first-order chi connectivity index (χ1) is 13.6. The Labute approximate surface area is 173 Å². The number of pyridine rings is 1. The first kappa shape index (κ1) is 19.1. The largest absolute Gasteiger partial charge is 0.348 e. The molecule has 1 saturated heterocycles. The Morgan fingerprint density at radius 1 is 1.18 bits per heavy atom. The molecule has 1 N–H and O–H groups in total. The van der Waals surface area contributed by atoms with E-state index in [9.17, 15) is 4.79 Å². The highest BCUT2D eigenvalue weighted by Gasteiger charge is 2.25. The lowest BCUT2D eigenvalue weighted by atomic mass is 9.96. The molecule has 1 aliphatic heterocycles. The third-order valence-corrected chi connectivity index (χ3v) is 5.94. The van der Waals surface area contributed by atoms with Crippen molar-refractivity contribution < 1.29 is 4.79 Å². The lowest BCUT2D eigenvalue weighted by molar-refractivity contribution is -0.123. The van der Waals surface area contributed by atoms with E-state index in [1.165, 1.54) is 0 Å². The van der Waals surface area contributed by atoms with Gasteiger partial charge in [-0.25, -0.2) is 0 Å². The molecule has 0 spiro atoms. The highest BCUT2D eigenvalue weighted by atomic mass is 79.9. The number of likely N-dealkylation sites (tertiary alicyclic amines) is 1. The average molecular weight is 442 g/mol. The number of nitrogens with one attached hydrogen (secondary N) is 1. The van der Waals surface area contributed by atoms with Crippen LogP contribution in [0.1, 0.15) is 43.1 Å². The van der Waals surface area contributed by atoms with Crippen molar-refractivity contribution in [2.24, 2.45) is 0 Å². The normalized spacial score (nSPS) is 16.9. The van der Waals surface area contributed by atoms with Crippen molar-refractivity contribution in [3.63, 3.8) is 0 Å². The number of halogens is 1. The number of benzene rings is 1. The van der Waals surface area contributed by atoms with Crippen molar-refractivity contribution >= 4 is 27.5 Å². The maximum atomic E-state index is 12.5. The molecule has 0 bridgehead atoms. The summed E-state index contributed by atoms with van der Waals surface area (Å²) in [5.41, 5.74) is 2.00. The van der Waals surface area contributed by atoms with Crippen LogP contribution in [0.4, 0.5) is 0 Å². The topological polar surface area (TPSA) is 62.5 Å². The predicted octanol–water partition coefficient (Wildman–Crippen LogP) is 3.55. The Hall–Kier alpha value is -2.25. The van der Waals surface area contributed by atoms with Crippen LogP contribution in [0.5, 0.6) is 0 Å². The van der Waals surface area contributed by atoms with Crippen LogP contribution in [0, 0.1) is 0 Å². The molecular weight excluding hydrogens is 418 g/mol. The molecular formula is C21H24BrN5O. The quantitative estimate of drug-likeness (QED) is 0.657. The lowest BCUT2D eigenvalue weighted by Crippen LogP contribution is -2.42. The van der Waals surface area contributed by atoms with E-state index >= 15 is 0 Å². The predicted molar refractivity (Wildman–Crippen MR) is 112 cm³/mol. The molecule has 0 aliphatic carbocycles. The number of amides is 1. The average Bonchev–Trinajstić information content (AvgIpc) is 3.13. The molecule has 1 unspecified atom stereocenters. The molecule has 0 saturated carbocycles. The molecule has 3 heterocycles. The number of fused-ring (bicyclic) bond motifs is 1. The van der Waals surface area contributed by atoms with Gasteiger partial charge in [0, 0.05) is 16.6 Å². The van der Waals surface area contributed by atoms with Gasteiger partial charge in [0.25, 0.3) is 0 Å². The zero-order chi connectivity index (χ0) is 19.5. The van der Waals surface area contributed by atoms with Crippen LogP contribution in [0.25, 0.3) is 5.65 Å². The smallest absolute Gasteiger partial charge is 0.234 e. The van der Waals surface area contributed by atoms with E-state index in [2.05, 4.69) is 40.7 Å². The first-order valence-electron chi connectivity index (χ1n) is 9.67. The Balaban J connectivity index is 1.29. The minimum Gasteiger partial charge on any atom is -0.348 e. The summed E-state index contributed by atoms with van der Waals surface area (Å²) in [6, 6.07) is 14.0. The maximum Gasteiger partial charge on any atom is 0.234 e. The summed E-state index contributed by atoms with van der Waals surface area (Å²) in [7, 11) is 0. The van der Waals surface area contributed by atoms with Crippen LogP contribution in [0.3, 0.4) is 0 Å². The first-order valence-corrected chi connectivity index (χ1v) is 10.5. The molecule has 1 aromatic carbocycles. The van der Waals surface area contributed by atoms with Crippen molar-refractivity contribution in [2.75, 3.05) is 19.6 Å². The zero-order valence-corrected chi connectivity index (χ0v) is 17.5. The molecule has 1 atom stereocenters. The third kappa shape index (κ3) is 4.25. The fourth-order valence-corrected chi connectivity index (χ4v) is 4.08. The maximum absolute atomic E-state index is 12.5. The van der Waals surface area contributed by atoms with Gasteiger partial charge in [-0.2, -0.15) is 0 Å². The number of carbonyl (C=O) groups is 1. The minimum atomic E-state index is 0.000460. The summed E-state index contributed by atoms with van der Waals surface area (Å²) in [6.45, 7) is 4.25. The SMILES string of the molecule is CC(NC(=O)CN1CCC(c2nnc3ccccn23)CC1)c1ccc(Br)cc1. The number of piperidine rings is 1. The second-order valence-corrected chi connectivity index (χ2v) is 8.29. The molecule has 146 valence electrons.